The van der Waals surface area contributed by atoms with Crippen molar-refractivity contribution in [3.63, 3.8) is 0 Å². The van der Waals surface area contributed by atoms with Gasteiger partial charge in [0.05, 0.1) is 21.8 Å². The molecule has 0 bridgehead atoms. The van der Waals surface area contributed by atoms with Gasteiger partial charge in [0.2, 0.25) is 5.91 Å². The number of rotatable bonds is 6. The maximum absolute atomic E-state index is 12.3. The topological polar surface area (TPSA) is 71.2 Å². The monoisotopic (exact) mass is 452 g/mol. The van der Waals surface area contributed by atoms with Crippen molar-refractivity contribution in [2.45, 2.75) is 18.4 Å². The van der Waals surface area contributed by atoms with E-state index in [-0.39, 0.29) is 36.8 Å². The molecular formula is C21H26Cl2N4OS. The van der Waals surface area contributed by atoms with Crippen LogP contribution in [0.25, 0.3) is 10.2 Å². The van der Waals surface area contributed by atoms with Crippen LogP contribution in [0.2, 0.25) is 0 Å². The van der Waals surface area contributed by atoms with Crippen LogP contribution in [-0.4, -0.2) is 48.0 Å². The van der Waals surface area contributed by atoms with Crippen LogP contribution in [-0.2, 0) is 11.2 Å². The smallest absolute Gasteiger partial charge is 0.234 e. The lowest BCUT2D eigenvalue weighted by Crippen LogP contribution is -2.38. The predicted octanol–water partition coefficient (Wildman–Crippen LogP) is 3.23. The molecule has 0 unspecified atom stereocenters. The van der Waals surface area contributed by atoms with E-state index < -0.39 is 0 Å². The van der Waals surface area contributed by atoms with Crippen molar-refractivity contribution < 1.29 is 4.79 Å². The van der Waals surface area contributed by atoms with Gasteiger partial charge in [0, 0.05) is 38.0 Å². The van der Waals surface area contributed by atoms with Crippen LogP contribution in [0.15, 0.2) is 54.6 Å². The highest BCUT2D eigenvalue weighted by Crippen LogP contribution is 2.26. The average molecular weight is 453 g/mol. The minimum absolute atomic E-state index is 0. The second kappa shape index (κ2) is 10.9. The van der Waals surface area contributed by atoms with Crippen LogP contribution < -0.4 is 11.1 Å². The number of likely N-dealkylation sites (tertiary alicyclic amines) is 1. The van der Waals surface area contributed by atoms with Crippen molar-refractivity contribution in [1.82, 2.24) is 15.2 Å². The number of nitrogens with two attached hydrogens (primary N) is 1. The Morgan fingerprint density at radius 1 is 1.10 bits per heavy atom. The van der Waals surface area contributed by atoms with E-state index in [0.717, 1.165) is 30.0 Å². The molecule has 2 atom stereocenters. The molecule has 29 heavy (non-hydrogen) atoms. The molecule has 2 aromatic carbocycles. The fourth-order valence-corrected chi connectivity index (χ4v) is 4.66. The number of benzene rings is 2. The fourth-order valence-electron chi connectivity index (χ4n) is 3.69. The fraction of sp³-hybridized carbons (Fsp3) is 0.333. The van der Waals surface area contributed by atoms with Crippen LogP contribution >= 0.6 is 36.2 Å². The molecule has 3 N–H and O–H groups in total. The second-order valence-corrected chi connectivity index (χ2v) is 8.17. The Labute approximate surface area is 187 Å². The SMILES string of the molecule is Cl.Cl.N[C@@H]1CN(CC(=O)NCCc2nc3ccccc3s2)C[C@H]1c1ccccc1. The summed E-state index contributed by atoms with van der Waals surface area (Å²) in [6.45, 7) is 2.60. The summed E-state index contributed by atoms with van der Waals surface area (Å²) in [7, 11) is 0. The summed E-state index contributed by atoms with van der Waals surface area (Å²) in [6, 6.07) is 18.5. The first-order valence-electron chi connectivity index (χ1n) is 9.33. The molecule has 0 aliphatic carbocycles. The molecule has 156 valence electrons. The summed E-state index contributed by atoms with van der Waals surface area (Å²) >= 11 is 1.69. The van der Waals surface area contributed by atoms with Crippen LogP contribution in [0.3, 0.4) is 0 Å². The van der Waals surface area contributed by atoms with E-state index >= 15 is 0 Å². The third kappa shape index (κ3) is 5.90. The number of fused-ring (bicyclic) bond motifs is 1. The number of nitrogens with zero attached hydrogens (tertiary/aromatic N) is 2. The number of hydrogen-bond donors (Lipinski definition) is 2. The summed E-state index contributed by atoms with van der Waals surface area (Å²) in [5.41, 5.74) is 8.59. The lowest BCUT2D eigenvalue weighted by Gasteiger charge is -2.15. The van der Waals surface area contributed by atoms with Gasteiger partial charge in [0.25, 0.3) is 0 Å². The zero-order valence-electron chi connectivity index (χ0n) is 16.0. The highest BCUT2D eigenvalue weighted by molar-refractivity contribution is 7.18. The highest BCUT2D eigenvalue weighted by atomic mass is 35.5. The highest BCUT2D eigenvalue weighted by Gasteiger charge is 2.31. The second-order valence-electron chi connectivity index (χ2n) is 7.05. The van der Waals surface area contributed by atoms with Crippen LogP contribution in [0, 0.1) is 0 Å². The maximum atomic E-state index is 12.3. The molecule has 1 amide bonds. The standard InChI is InChI=1S/C21H24N4OS.2ClH/c22-17-13-25(12-16(17)15-6-2-1-3-7-15)14-20(26)23-11-10-21-24-18-8-4-5-9-19(18)27-21;;/h1-9,16-17H,10-14,22H2,(H,23,26);2*1H/t16-,17+;;/m0../s1. The number of carbonyl (C=O) groups is 1. The molecule has 0 radical (unpaired) electrons. The minimum atomic E-state index is 0. The number of hydrogen-bond acceptors (Lipinski definition) is 5. The van der Waals surface area contributed by atoms with Gasteiger partial charge in [-0.2, -0.15) is 0 Å². The number of thiazole rings is 1. The third-order valence-electron chi connectivity index (χ3n) is 5.03. The van der Waals surface area contributed by atoms with Crippen molar-refractivity contribution >= 4 is 52.3 Å². The Hall–Kier alpha value is -1.70. The molecule has 0 saturated carbocycles. The predicted molar refractivity (Wildman–Crippen MR) is 124 cm³/mol. The maximum Gasteiger partial charge on any atom is 0.234 e. The van der Waals surface area contributed by atoms with E-state index in [2.05, 4.69) is 33.4 Å². The molecule has 3 aromatic rings. The largest absolute Gasteiger partial charge is 0.355 e. The molecule has 1 aliphatic heterocycles. The van der Waals surface area contributed by atoms with Gasteiger partial charge in [0.1, 0.15) is 0 Å². The summed E-state index contributed by atoms with van der Waals surface area (Å²) in [6.07, 6.45) is 0.761. The van der Waals surface area contributed by atoms with Crippen LogP contribution in [0.4, 0.5) is 0 Å². The molecular weight excluding hydrogens is 427 g/mol. The third-order valence-corrected chi connectivity index (χ3v) is 6.13. The van der Waals surface area contributed by atoms with E-state index in [9.17, 15) is 4.79 Å². The summed E-state index contributed by atoms with van der Waals surface area (Å²) in [5, 5.41) is 4.08. The molecule has 4 rings (SSSR count). The van der Waals surface area contributed by atoms with E-state index in [4.69, 9.17) is 5.73 Å². The average Bonchev–Trinajstić information content (AvgIpc) is 3.25. The normalized spacial score (nSPS) is 18.8. The van der Waals surface area contributed by atoms with Gasteiger partial charge in [0.15, 0.2) is 0 Å². The van der Waals surface area contributed by atoms with Gasteiger partial charge in [-0.1, -0.05) is 42.5 Å². The van der Waals surface area contributed by atoms with Gasteiger partial charge < -0.3 is 11.1 Å². The van der Waals surface area contributed by atoms with E-state index in [1.54, 1.807) is 11.3 Å². The quantitative estimate of drug-likeness (QED) is 0.601. The van der Waals surface area contributed by atoms with Gasteiger partial charge in [-0.25, -0.2) is 4.98 Å². The Morgan fingerprint density at radius 3 is 2.59 bits per heavy atom. The molecule has 5 nitrogen and oxygen atoms in total. The Bertz CT molecular complexity index is 888. The van der Waals surface area contributed by atoms with Crippen LogP contribution in [0.1, 0.15) is 16.5 Å². The number of amides is 1. The van der Waals surface area contributed by atoms with Crippen LogP contribution in [0.5, 0.6) is 0 Å². The van der Waals surface area contributed by atoms with E-state index in [1.807, 2.05) is 36.4 Å². The zero-order chi connectivity index (χ0) is 18.6. The van der Waals surface area contributed by atoms with Crippen molar-refractivity contribution in [2.75, 3.05) is 26.2 Å². The lowest BCUT2D eigenvalue weighted by atomic mass is 9.95. The number of aromatic nitrogens is 1. The molecule has 1 aromatic heterocycles. The number of nitrogens with one attached hydrogen (secondary N) is 1. The summed E-state index contributed by atoms with van der Waals surface area (Å²) in [4.78, 5) is 19.1. The van der Waals surface area contributed by atoms with Gasteiger partial charge in [-0.3, -0.25) is 9.69 Å². The minimum Gasteiger partial charge on any atom is -0.355 e. The number of carbonyl (C=O) groups excluding carboxylic acids is 1. The molecule has 1 saturated heterocycles. The molecule has 2 heterocycles. The van der Waals surface area contributed by atoms with Gasteiger partial charge >= 0.3 is 0 Å². The van der Waals surface area contributed by atoms with Crippen molar-refractivity contribution in [2.24, 2.45) is 5.73 Å². The first kappa shape index (κ1) is 23.6. The number of halogens is 2. The number of para-hydroxylation sites is 1. The van der Waals surface area contributed by atoms with Crippen molar-refractivity contribution in [1.29, 1.82) is 0 Å². The molecule has 0 spiro atoms. The molecule has 1 fully saturated rings. The Balaban J connectivity index is 0.00000150. The van der Waals surface area contributed by atoms with E-state index in [1.165, 1.54) is 10.3 Å². The Kier molecular flexibility index (Phi) is 8.86. The zero-order valence-corrected chi connectivity index (χ0v) is 18.4. The van der Waals surface area contributed by atoms with Crippen molar-refractivity contribution in [3.05, 3.63) is 65.2 Å². The van der Waals surface area contributed by atoms with E-state index in [0.29, 0.717) is 19.0 Å². The van der Waals surface area contributed by atoms with Crippen molar-refractivity contribution in [3.8, 4) is 0 Å². The first-order valence-corrected chi connectivity index (χ1v) is 10.1. The van der Waals surface area contributed by atoms with Gasteiger partial charge in [-0.05, 0) is 17.7 Å². The van der Waals surface area contributed by atoms with Gasteiger partial charge in [-0.15, -0.1) is 36.2 Å². The first-order chi connectivity index (χ1) is 13.2. The molecule has 8 heteroatoms. The Morgan fingerprint density at radius 2 is 1.83 bits per heavy atom. The lowest BCUT2D eigenvalue weighted by molar-refractivity contribution is -0.122. The summed E-state index contributed by atoms with van der Waals surface area (Å²) < 4.78 is 1.19. The summed E-state index contributed by atoms with van der Waals surface area (Å²) in [5.74, 6) is 0.346. The molecule has 1 aliphatic rings.